The molecule has 1 aromatic rings. The zero-order valence-corrected chi connectivity index (χ0v) is 14.7. The third-order valence-corrected chi connectivity index (χ3v) is 8.36. The lowest BCUT2D eigenvalue weighted by Gasteiger charge is -2.37. The number of hydrogen-bond acceptors (Lipinski definition) is 2. The SMILES string of the molecule is CCC(C)c1ccc(OC2CC3CC2C2C4CC(C5OC45)C32)cc1. The van der Waals surface area contributed by atoms with Crippen molar-refractivity contribution in [2.75, 3.05) is 0 Å². The van der Waals surface area contributed by atoms with E-state index in [-0.39, 0.29) is 0 Å². The van der Waals surface area contributed by atoms with Crippen molar-refractivity contribution in [1.82, 2.24) is 0 Å². The minimum atomic E-state index is 0.460. The Balaban J connectivity index is 1.19. The fourth-order valence-electron chi connectivity index (χ4n) is 7.21. The van der Waals surface area contributed by atoms with Gasteiger partial charge in [-0.1, -0.05) is 26.0 Å². The zero-order valence-electron chi connectivity index (χ0n) is 14.7. The second-order valence-corrected chi connectivity index (χ2v) is 9.21. The Morgan fingerprint density at radius 3 is 2.50 bits per heavy atom. The molecule has 5 fully saturated rings. The van der Waals surface area contributed by atoms with Crippen LogP contribution in [0.15, 0.2) is 24.3 Å². The summed E-state index contributed by atoms with van der Waals surface area (Å²) in [6.45, 7) is 4.55. The van der Waals surface area contributed by atoms with E-state index in [2.05, 4.69) is 38.1 Å². The molecule has 128 valence electrons. The highest BCUT2D eigenvalue weighted by molar-refractivity contribution is 5.30. The lowest BCUT2D eigenvalue weighted by atomic mass is 9.70. The summed E-state index contributed by atoms with van der Waals surface area (Å²) in [5.41, 5.74) is 1.43. The maximum Gasteiger partial charge on any atom is 0.119 e. The Morgan fingerprint density at radius 2 is 1.75 bits per heavy atom. The van der Waals surface area contributed by atoms with Crippen molar-refractivity contribution < 1.29 is 9.47 Å². The second-order valence-electron chi connectivity index (χ2n) is 9.21. The summed E-state index contributed by atoms with van der Waals surface area (Å²) in [6.07, 6.45) is 7.16. The molecular formula is C22H28O2. The molecule has 0 radical (unpaired) electrons. The number of benzene rings is 1. The van der Waals surface area contributed by atoms with Crippen LogP contribution in [0.2, 0.25) is 0 Å². The van der Waals surface area contributed by atoms with E-state index in [0.29, 0.717) is 24.2 Å². The Hall–Kier alpha value is -1.02. The molecular weight excluding hydrogens is 296 g/mol. The van der Waals surface area contributed by atoms with E-state index < -0.39 is 0 Å². The van der Waals surface area contributed by atoms with Crippen molar-refractivity contribution in [3.63, 3.8) is 0 Å². The Kier molecular flexibility index (Phi) is 2.83. The van der Waals surface area contributed by atoms with Gasteiger partial charge in [0, 0.05) is 0 Å². The average molecular weight is 324 g/mol. The Morgan fingerprint density at radius 1 is 1.00 bits per heavy atom. The van der Waals surface area contributed by atoms with Crippen LogP contribution in [0.3, 0.4) is 0 Å². The van der Waals surface area contributed by atoms with Gasteiger partial charge in [-0.05, 0) is 84.8 Å². The topological polar surface area (TPSA) is 21.8 Å². The highest BCUT2D eigenvalue weighted by Gasteiger charge is 2.73. The molecule has 4 aliphatic carbocycles. The molecule has 4 bridgehead atoms. The molecule has 10 atom stereocenters. The van der Waals surface area contributed by atoms with Crippen molar-refractivity contribution in [2.24, 2.45) is 35.5 Å². The van der Waals surface area contributed by atoms with Crippen LogP contribution < -0.4 is 4.74 Å². The summed E-state index contributed by atoms with van der Waals surface area (Å²) in [7, 11) is 0. The van der Waals surface area contributed by atoms with Crippen molar-refractivity contribution in [2.45, 2.75) is 63.8 Å². The maximum atomic E-state index is 6.50. The number of hydrogen-bond donors (Lipinski definition) is 0. The van der Waals surface area contributed by atoms with Crippen LogP contribution in [0.25, 0.3) is 0 Å². The Bertz CT molecular complexity index is 652. The van der Waals surface area contributed by atoms with Gasteiger partial charge in [0.15, 0.2) is 0 Å². The summed E-state index contributed by atoms with van der Waals surface area (Å²) in [6, 6.07) is 8.93. The van der Waals surface area contributed by atoms with Gasteiger partial charge in [-0.3, -0.25) is 0 Å². The molecule has 1 saturated heterocycles. The monoisotopic (exact) mass is 324 g/mol. The van der Waals surface area contributed by atoms with Crippen LogP contribution >= 0.6 is 0 Å². The predicted molar refractivity (Wildman–Crippen MR) is 93.0 cm³/mol. The molecule has 10 unspecified atom stereocenters. The third-order valence-electron chi connectivity index (χ3n) is 8.36. The van der Waals surface area contributed by atoms with Crippen LogP contribution in [0, 0.1) is 35.5 Å². The van der Waals surface area contributed by atoms with Crippen LogP contribution in [0.5, 0.6) is 5.75 Å². The number of fused-ring (bicyclic) bond motifs is 12. The summed E-state index contributed by atoms with van der Waals surface area (Å²) < 4.78 is 12.5. The van der Waals surface area contributed by atoms with E-state index in [4.69, 9.17) is 9.47 Å². The normalized spacial score (nSPS) is 50.7. The highest BCUT2D eigenvalue weighted by atomic mass is 16.6. The highest BCUT2D eigenvalue weighted by Crippen LogP contribution is 2.72. The zero-order chi connectivity index (χ0) is 16.0. The Labute approximate surface area is 144 Å². The number of epoxide rings is 1. The first-order chi connectivity index (χ1) is 11.7. The number of rotatable bonds is 4. The molecule has 5 aliphatic rings. The summed E-state index contributed by atoms with van der Waals surface area (Å²) in [5.74, 6) is 7.13. The van der Waals surface area contributed by atoms with Gasteiger partial charge in [0.2, 0.25) is 0 Å². The lowest BCUT2D eigenvalue weighted by molar-refractivity contribution is 0.0514. The van der Waals surface area contributed by atoms with Crippen LogP contribution in [-0.4, -0.2) is 18.3 Å². The van der Waals surface area contributed by atoms with Crippen LogP contribution in [0.4, 0.5) is 0 Å². The first-order valence-corrected chi connectivity index (χ1v) is 10.2. The molecule has 0 N–H and O–H groups in total. The first kappa shape index (κ1) is 14.2. The van der Waals surface area contributed by atoms with Gasteiger partial charge in [0.1, 0.15) is 11.9 Å². The molecule has 0 aromatic heterocycles. The standard InChI is InChI=1S/C22H28O2/c1-3-11(2)12-4-6-14(7-5-12)23-18-9-13-8-15(18)20-17-10-16(19(13)20)21-22(17)24-21/h4-7,11,13,15-22H,3,8-10H2,1-2H3. The van der Waals surface area contributed by atoms with E-state index in [1.54, 1.807) is 0 Å². The van der Waals surface area contributed by atoms with Gasteiger partial charge in [-0.25, -0.2) is 0 Å². The molecule has 0 amide bonds. The van der Waals surface area contributed by atoms with E-state index in [0.717, 1.165) is 41.3 Å². The van der Waals surface area contributed by atoms with Crippen LogP contribution in [-0.2, 0) is 4.74 Å². The van der Waals surface area contributed by atoms with Gasteiger partial charge in [-0.15, -0.1) is 0 Å². The van der Waals surface area contributed by atoms with Crippen molar-refractivity contribution in [1.29, 1.82) is 0 Å². The molecule has 2 heteroatoms. The third kappa shape index (κ3) is 1.76. The molecule has 2 nitrogen and oxygen atoms in total. The van der Waals surface area contributed by atoms with Gasteiger partial charge < -0.3 is 9.47 Å². The average Bonchev–Trinajstić information content (AvgIpc) is 2.93. The fraction of sp³-hybridized carbons (Fsp3) is 0.727. The molecule has 0 spiro atoms. The summed E-state index contributed by atoms with van der Waals surface area (Å²) in [4.78, 5) is 0. The quantitative estimate of drug-likeness (QED) is 0.594. The van der Waals surface area contributed by atoms with Gasteiger partial charge in [0.05, 0.1) is 12.2 Å². The maximum absolute atomic E-state index is 6.50. The smallest absolute Gasteiger partial charge is 0.119 e. The van der Waals surface area contributed by atoms with E-state index in [1.807, 2.05) is 0 Å². The molecule has 4 saturated carbocycles. The summed E-state index contributed by atoms with van der Waals surface area (Å²) >= 11 is 0. The second kappa shape index (κ2) is 4.78. The minimum absolute atomic E-state index is 0.460. The number of ether oxygens (including phenoxy) is 2. The lowest BCUT2D eigenvalue weighted by Crippen LogP contribution is -2.40. The van der Waals surface area contributed by atoms with Gasteiger partial charge in [-0.2, -0.15) is 0 Å². The van der Waals surface area contributed by atoms with Crippen LogP contribution in [0.1, 0.15) is 51.0 Å². The minimum Gasteiger partial charge on any atom is -0.490 e. The molecule has 24 heavy (non-hydrogen) atoms. The van der Waals surface area contributed by atoms with Crippen molar-refractivity contribution in [3.05, 3.63) is 29.8 Å². The van der Waals surface area contributed by atoms with Crippen molar-refractivity contribution in [3.8, 4) is 5.75 Å². The largest absolute Gasteiger partial charge is 0.490 e. The van der Waals surface area contributed by atoms with E-state index >= 15 is 0 Å². The fourth-order valence-corrected chi connectivity index (χ4v) is 7.21. The molecule has 6 rings (SSSR count). The van der Waals surface area contributed by atoms with Gasteiger partial charge in [0.25, 0.3) is 0 Å². The van der Waals surface area contributed by atoms with E-state index in [1.165, 1.54) is 31.2 Å². The summed E-state index contributed by atoms with van der Waals surface area (Å²) in [5, 5.41) is 0. The molecule has 1 aromatic carbocycles. The molecule has 1 heterocycles. The first-order valence-electron chi connectivity index (χ1n) is 10.2. The van der Waals surface area contributed by atoms with E-state index in [9.17, 15) is 0 Å². The van der Waals surface area contributed by atoms with Crippen molar-refractivity contribution >= 4 is 0 Å². The molecule has 1 aliphatic heterocycles. The predicted octanol–water partition coefficient (Wildman–Crippen LogP) is 4.64. The van der Waals surface area contributed by atoms with Gasteiger partial charge >= 0.3 is 0 Å².